The van der Waals surface area contributed by atoms with Gasteiger partial charge < -0.3 is 5.11 Å². The van der Waals surface area contributed by atoms with E-state index in [1.165, 1.54) is 22.8 Å². The number of carboxylic acid groups (broad SMARTS) is 1. The standard InChI is InChI=1S/C27H22O2/c28-27(29)19-26(25-17-16-22-8-4-5-9-24(22)18-25)15-12-20-10-13-23(14-11-20)21-6-2-1-3-7-21/h1-11,13-14,16-19H,12,15H2,(H,28,29)/b26-19-. The van der Waals surface area contributed by atoms with E-state index in [2.05, 4.69) is 60.7 Å². The maximum Gasteiger partial charge on any atom is 0.328 e. The highest BCUT2D eigenvalue weighted by Gasteiger charge is 2.07. The van der Waals surface area contributed by atoms with E-state index in [0.717, 1.165) is 28.3 Å². The average molecular weight is 378 g/mol. The summed E-state index contributed by atoms with van der Waals surface area (Å²) in [4.78, 5) is 11.4. The third-order valence-electron chi connectivity index (χ3n) is 5.16. The normalized spacial score (nSPS) is 11.5. The summed E-state index contributed by atoms with van der Waals surface area (Å²) in [7, 11) is 0. The van der Waals surface area contributed by atoms with Gasteiger partial charge in [0.15, 0.2) is 0 Å². The molecule has 4 rings (SSSR count). The minimum absolute atomic E-state index is 0.676. The largest absolute Gasteiger partial charge is 0.478 e. The Bertz CT molecular complexity index is 1160. The van der Waals surface area contributed by atoms with Crippen LogP contribution in [0.25, 0.3) is 27.5 Å². The lowest BCUT2D eigenvalue weighted by atomic mass is 9.95. The molecular formula is C27H22O2. The molecule has 0 aliphatic heterocycles. The van der Waals surface area contributed by atoms with Gasteiger partial charge in [-0.25, -0.2) is 4.79 Å². The van der Waals surface area contributed by atoms with Gasteiger partial charge >= 0.3 is 5.97 Å². The monoisotopic (exact) mass is 378 g/mol. The van der Waals surface area contributed by atoms with Gasteiger partial charge in [-0.1, -0.05) is 91.0 Å². The first-order chi connectivity index (χ1) is 14.2. The number of benzene rings is 4. The van der Waals surface area contributed by atoms with Gasteiger partial charge in [0.1, 0.15) is 0 Å². The van der Waals surface area contributed by atoms with Crippen molar-refractivity contribution in [2.45, 2.75) is 12.8 Å². The van der Waals surface area contributed by atoms with Crippen molar-refractivity contribution < 1.29 is 9.90 Å². The molecular weight excluding hydrogens is 356 g/mol. The molecule has 0 bridgehead atoms. The smallest absolute Gasteiger partial charge is 0.328 e. The number of aliphatic carboxylic acids is 1. The fraction of sp³-hybridized carbons (Fsp3) is 0.0741. The van der Waals surface area contributed by atoms with Crippen LogP contribution < -0.4 is 0 Å². The van der Waals surface area contributed by atoms with E-state index in [1.807, 2.05) is 36.4 Å². The van der Waals surface area contributed by atoms with Crippen molar-refractivity contribution in [1.29, 1.82) is 0 Å². The first-order valence-electron chi connectivity index (χ1n) is 9.76. The second-order valence-corrected chi connectivity index (χ2v) is 7.13. The lowest BCUT2D eigenvalue weighted by molar-refractivity contribution is -0.131. The molecule has 29 heavy (non-hydrogen) atoms. The SMILES string of the molecule is O=C(O)/C=C(/CCc1ccc(-c2ccccc2)cc1)c1ccc2ccccc2c1. The summed E-state index contributed by atoms with van der Waals surface area (Å²) in [6.07, 6.45) is 2.80. The second kappa shape index (κ2) is 8.57. The van der Waals surface area contributed by atoms with Crippen LogP contribution in [0.4, 0.5) is 0 Å². The summed E-state index contributed by atoms with van der Waals surface area (Å²) < 4.78 is 0. The van der Waals surface area contributed by atoms with Crippen molar-refractivity contribution in [2.24, 2.45) is 0 Å². The molecule has 0 amide bonds. The Hall–Kier alpha value is -3.65. The third kappa shape index (κ3) is 4.61. The number of allylic oxidation sites excluding steroid dienone is 1. The molecule has 4 aromatic rings. The van der Waals surface area contributed by atoms with Gasteiger partial charge in [0, 0.05) is 6.08 Å². The molecule has 0 heterocycles. The van der Waals surface area contributed by atoms with Crippen molar-refractivity contribution >= 4 is 22.3 Å². The lowest BCUT2D eigenvalue weighted by Gasteiger charge is -2.10. The van der Waals surface area contributed by atoms with Crippen LogP contribution in [-0.2, 0) is 11.2 Å². The van der Waals surface area contributed by atoms with Crippen molar-refractivity contribution in [3.63, 3.8) is 0 Å². The van der Waals surface area contributed by atoms with Gasteiger partial charge in [-0.05, 0) is 57.5 Å². The maximum absolute atomic E-state index is 11.4. The highest BCUT2D eigenvalue weighted by Crippen LogP contribution is 2.26. The zero-order valence-corrected chi connectivity index (χ0v) is 16.1. The van der Waals surface area contributed by atoms with E-state index < -0.39 is 5.97 Å². The summed E-state index contributed by atoms with van der Waals surface area (Å²) >= 11 is 0. The number of carboxylic acids is 1. The van der Waals surface area contributed by atoms with Crippen LogP contribution in [0.2, 0.25) is 0 Å². The number of fused-ring (bicyclic) bond motifs is 1. The van der Waals surface area contributed by atoms with E-state index >= 15 is 0 Å². The van der Waals surface area contributed by atoms with Crippen LogP contribution in [0, 0.1) is 0 Å². The molecule has 0 spiro atoms. The Balaban J connectivity index is 1.53. The maximum atomic E-state index is 11.4. The van der Waals surface area contributed by atoms with Crippen LogP contribution in [0.5, 0.6) is 0 Å². The van der Waals surface area contributed by atoms with Gasteiger partial charge in [-0.15, -0.1) is 0 Å². The van der Waals surface area contributed by atoms with E-state index in [-0.39, 0.29) is 0 Å². The van der Waals surface area contributed by atoms with Crippen LogP contribution in [0.3, 0.4) is 0 Å². The number of rotatable bonds is 6. The Morgan fingerprint density at radius 3 is 2.10 bits per heavy atom. The fourth-order valence-electron chi connectivity index (χ4n) is 3.61. The number of carbonyl (C=O) groups is 1. The van der Waals surface area contributed by atoms with Gasteiger partial charge in [0.2, 0.25) is 0 Å². The Morgan fingerprint density at radius 2 is 1.38 bits per heavy atom. The van der Waals surface area contributed by atoms with Crippen LogP contribution in [0.1, 0.15) is 17.5 Å². The quantitative estimate of drug-likeness (QED) is 0.383. The molecule has 4 aromatic carbocycles. The molecule has 0 unspecified atom stereocenters. The topological polar surface area (TPSA) is 37.3 Å². The molecule has 142 valence electrons. The fourth-order valence-corrected chi connectivity index (χ4v) is 3.61. The van der Waals surface area contributed by atoms with E-state index in [0.29, 0.717) is 6.42 Å². The lowest BCUT2D eigenvalue weighted by Crippen LogP contribution is -1.95. The van der Waals surface area contributed by atoms with Gasteiger partial charge in [0.25, 0.3) is 0 Å². The summed E-state index contributed by atoms with van der Waals surface area (Å²) in [5.41, 5.74) is 5.39. The summed E-state index contributed by atoms with van der Waals surface area (Å²) in [5.74, 6) is -0.910. The van der Waals surface area contributed by atoms with Crippen molar-refractivity contribution in [3.8, 4) is 11.1 Å². The highest BCUT2D eigenvalue weighted by atomic mass is 16.4. The molecule has 0 saturated heterocycles. The Morgan fingerprint density at radius 1 is 0.724 bits per heavy atom. The van der Waals surface area contributed by atoms with Gasteiger partial charge in [-0.2, -0.15) is 0 Å². The van der Waals surface area contributed by atoms with Crippen molar-refractivity contribution in [3.05, 3.63) is 114 Å². The number of hydrogen-bond donors (Lipinski definition) is 1. The molecule has 2 heteroatoms. The molecule has 2 nitrogen and oxygen atoms in total. The minimum atomic E-state index is -0.910. The third-order valence-corrected chi connectivity index (χ3v) is 5.16. The molecule has 0 atom stereocenters. The Labute approximate surface area is 170 Å². The second-order valence-electron chi connectivity index (χ2n) is 7.13. The average Bonchev–Trinajstić information content (AvgIpc) is 2.77. The molecule has 0 radical (unpaired) electrons. The van der Waals surface area contributed by atoms with E-state index in [4.69, 9.17) is 0 Å². The van der Waals surface area contributed by atoms with Crippen LogP contribution in [-0.4, -0.2) is 11.1 Å². The number of aryl methyl sites for hydroxylation is 1. The minimum Gasteiger partial charge on any atom is -0.478 e. The van der Waals surface area contributed by atoms with Crippen LogP contribution in [0.15, 0.2) is 103 Å². The first kappa shape index (κ1) is 18.7. The van der Waals surface area contributed by atoms with Crippen molar-refractivity contribution in [1.82, 2.24) is 0 Å². The van der Waals surface area contributed by atoms with Gasteiger partial charge in [0.05, 0.1) is 0 Å². The van der Waals surface area contributed by atoms with E-state index in [9.17, 15) is 9.90 Å². The predicted octanol–water partition coefficient (Wildman–Crippen LogP) is 6.61. The molecule has 1 N–H and O–H groups in total. The molecule has 0 aliphatic rings. The van der Waals surface area contributed by atoms with Crippen LogP contribution >= 0.6 is 0 Å². The van der Waals surface area contributed by atoms with Crippen molar-refractivity contribution in [2.75, 3.05) is 0 Å². The highest BCUT2D eigenvalue weighted by molar-refractivity contribution is 5.92. The predicted molar refractivity (Wildman–Crippen MR) is 120 cm³/mol. The Kier molecular flexibility index (Phi) is 5.53. The molecule has 0 aromatic heterocycles. The first-order valence-corrected chi connectivity index (χ1v) is 9.76. The molecule has 0 aliphatic carbocycles. The summed E-state index contributed by atoms with van der Waals surface area (Å²) in [5, 5.41) is 11.6. The summed E-state index contributed by atoms with van der Waals surface area (Å²) in [6.45, 7) is 0. The molecule has 0 fully saturated rings. The zero-order valence-electron chi connectivity index (χ0n) is 16.1. The van der Waals surface area contributed by atoms with Gasteiger partial charge in [-0.3, -0.25) is 0 Å². The zero-order chi connectivity index (χ0) is 20.1. The summed E-state index contributed by atoms with van der Waals surface area (Å²) in [6, 6.07) is 33.1. The van der Waals surface area contributed by atoms with E-state index in [1.54, 1.807) is 0 Å². The number of hydrogen-bond acceptors (Lipinski definition) is 1. The molecule has 0 saturated carbocycles.